The lowest BCUT2D eigenvalue weighted by Gasteiger charge is -2.39. The molecule has 9 heteroatoms. The molecule has 0 amide bonds. The van der Waals surface area contributed by atoms with Crippen LogP contribution in [0.15, 0.2) is 6.20 Å². The zero-order chi connectivity index (χ0) is 18.3. The number of imidazole rings is 1. The maximum Gasteiger partial charge on any atom is 0.214 e. The topological polar surface area (TPSA) is 70.8 Å². The van der Waals surface area contributed by atoms with Crippen LogP contribution in [0.5, 0.6) is 0 Å². The van der Waals surface area contributed by atoms with Crippen molar-refractivity contribution in [2.45, 2.75) is 51.5 Å². The molecule has 0 spiro atoms. The van der Waals surface area contributed by atoms with Crippen LogP contribution >= 0.6 is 11.3 Å². The summed E-state index contributed by atoms with van der Waals surface area (Å²) in [5, 5.41) is 5.68. The SMILES string of the molecule is Cc1cn2nc(N3CCC(C4CCCCCN4S(C)(=O)=O)CC3)sc2n1. The lowest BCUT2D eigenvalue weighted by atomic mass is 9.87. The Hall–Kier alpha value is -1.19. The summed E-state index contributed by atoms with van der Waals surface area (Å²) < 4.78 is 28.2. The Labute approximate surface area is 159 Å². The van der Waals surface area contributed by atoms with Gasteiger partial charge in [-0.25, -0.2) is 17.9 Å². The average molecular weight is 398 g/mol. The van der Waals surface area contributed by atoms with Crippen LogP contribution in [0.3, 0.4) is 0 Å². The van der Waals surface area contributed by atoms with Crippen molar-refractivity contribution in [1.82, 2.24) is 18.9 Å². The summed E-state index contributed by atoms with van der Waals surface area (Å²) in [4.78, 5) is 7.75. The first-order valence-electron chi connectivity index (χ1n) is 9.46. The van der Waals surface area contributed by atoms with E-state index in [1.165, 1.54) is 6.26 Å². The number of sulfonamides is 1. The highest BCUT2D eigenvalue weighted by Crippen LogP contribution is 2.34. The molecule has 0 radical (unpaired) electrons. The number of rotatable bonds is 3. The number of hydrogen-bond acceptors (Lipinski definition) is 6. The fourth-order valence-corrected chi connectivity index (χ4v) is 6.60. The third-order valence-electron chi connectivity index (χ3n) is 5.68. The Balaban J connectivity index is 1.45. The van der Waals surface area contributed by atoms with E-state index in [1.54, 1.807) is 15.6 Å². The van der Waals surface area contributed by atoms with Gasteiger partial charge in [-0.05, 0) is 38.5 Å². The van der Waals surface area contributed by atoms with Crippen molar-refractivity contribution in [3.05, 3.63) is 11.9 Å². The largest absolute Gasteiger partial charge is 0.347 e. The molecule has 2 aromatic heterocycles. The van der Waals surface area contributed by atoms with Crippen LogP contribution < -0.4 is 4.90 Å². The maximum atomic E-state index is 12.3. The first kappa shape index (κ1) is 18.2. The number of hydrogen-bond donors (Lipinski definition) is 0. The van der Waals surface area contributed by atoms with Crippen molar-refractivity contribution in [3.8, 4) is 0 Å². The molecule has 2 aromatic rings. The van der Waals surface area contributed by atoms with Crippen molar-refractivity contribution < 1.29 is 8.42 Å². The quantitative estimate of drug-likeness (QED) is 0.796. The second-order valence-corrected chi connectivity index (χ2v) is 10.5. The first-order chi connectivity index (χ1) is 12.4. The average Bonchev–Trinajstić information content (AvgIpc) is 3.01. The highest BCUT2D eigenvalue weighted by atomic mass is 32.2. The van der Waals surface area contributed by atoms with Gasteiger partial charge < -0.3 is 4.90 Å². The molecule has 4 heterocycles. The van der Waals surface area contributed by atoms with Crippen molar-refractivity contribution in [2.75, 3.05) is 30.8 Å². The second kappa shape index (κ2) is 7.09. The van der Waals surface area contributed by atoms with Crippen LogP contribution in [0.2, 0.25) is 0 Å². The van der Waals surface area contributed by atoms with Crippen molar-refractivity contribution in [1.29, 1.82) is 0 Å². The van der Waals surface area contributed by atoms with E-state index in [9.17, 15) is 8.42 Å². The van der Waals surface area contributed by atoms with Gasteiger partial charge in [-0.2, -0.15) is 4.31 Å². The van der Waals surface area contributed by atoms with Crippen LogP contribution in [-0.4, -0.2) is 59.3 Å². The molecule has 0 bridgehead atoms. The number of nitrogens with zero attached hydrogens (tertiary/aromatic N) is 5. The summed E-state index contributed by atoms with van der Waals surface area (Å²) in [7, 11) is -3.13. The number of anilines is 1. The van der Waals surface area contributed by atoms with Gasteiger partial charge in [0.25, 0.3) is 0 Å². The van der Waals surface area contributed by atoms with Crippen LogP contribution in [0.25, 0.3) is 4.96 Å². The van der Waals surface area contributed by atoms with Crippen molar-refractivity contribution in [2.24, 2.45) is 5.92 Å². The summed E-state index contributed by atoms with van der Waals surface area (Å²) >= 11 is 1.63. The molecule has 0 aliphatic carbocycles. The monoisotopic (exact) mass is 397 g/mol. The number of aryl methyl sites for hydroxylation is 1. The van der Waals surface area contributed by atoms with Crippen LogP contribution in [0, 0.1) is 12.8 Å². The predicted molar refractivity (Wildman–Crippen MR) is 104 cm³/mol. The molecule has 7 nitrogen and oxygen atoms in total. The Bertz CT molecular complexity index is 835. The molecule has 2 aliphatic heterocycles. The van der Waals surface area contributed by atoms with E-state index in [2.05, 4.69) is 15.0 Å². The van der Waals surface area contributed by atoms with Crippen molar-refractivity contribution >= 4 is 31.5 Å². The Morgan fingerprint density at radius 1 is 1.12 bits per heavy atom. The summed E-state index contributed by atoms with van der Waals surface area (Å²) in [5.41, 5.74) is 0.989. The Kier molecular flexibility index (Phi) is 4.96. The molecule has 2 aliphatic rings. The van der Waals surface area contributed by atoms with Gasteiger partial charge in [0.2, 0.25) is 20.1 Å². The summed E-state index contributed by atoms with van der Waals surface area (Å²) in [6.45, 7) is 4.54. The fourth-order valence-electron chi connectivity index (χ4n) is 4.39. The van der Waals surface area contributed by atoms with Gasteiger partial charge in [0.15, 0.2) is 0 Å². The third kappa shape index (κ3) is 3.61. The summed E-state index contributed by atoms with van der Waals surface area (Å²) in [6, 6.07) is 0.172. The normalized spacial score (nSPS) is 24.2. The number of fused-ring (bicyclic) bond motifs is 1. The molecule has 2 saturated heterocycles. The molecule has 1 unspecified atom stereocenters. The van der Waals surface area contributed by atoms with E-state index in [0.717, 1.165) is 67.4 Å². The lowest BCUT2D eigenvalue weighted by molar-refractivity contribution is 0.206. The van der Waals surface area contributed by atoms with E-state index in [1.807, 2.05) is 17.6 Å². The predicted octanol–water partition coefficient (Wildman–Crippen LogP) is 2.52. The molecule has 144 valence electrons. The van der Waals surface area contributed by atoms with Gasteiger partial charge in [0, 0.05) is 25.7 Å². The molecular formula is C17H27N5O2S2. The van der Waals surface area contributed by atoms with Crippen LogP contribution in [0.4, 0.5) is 5.13 Å². The molecule has 1 atom stereocenters. The van der Waals surface area contributed by atoms with E-state index < -0.39 is 10.0 Å². The first-order valence-corrected chi connectivity index (χ1v) is 12.1. The highest BCUT2D eigenvalue weighted by molar-refractivity contribution is 7.88. The maximum absolute atomic E-state index is 12.3. The summed E-state index contributed by atoms with van der Waals surface area (Å²) in [6.07, 6.45) is 9.64. The second-order valence-electron chi connectivity index (χ2n) is 7.61. The minimum atomic E-state index is -3.13. The molecule has 2 fully saturated rings. The minimum absolute atomic E-state index is 0.172. The molecule has 0 aromatic carbocycles. The van der Waals surface area contributed by atoms with E-state index in [-0.39, 0.29) is 6.04 Å². The smallest absolute Gasteiger partial charge is 0.214 e. The van der Waals surface area contributed by atoms with Crippen LogP contribution in [0.1, 0.15) is 44.2 Å². The standard InChI is InChI=1S/C17H27N5O2S2/c1-13-12-21-16(18-13)25-17(19-21)20-10-7-14(8-11-20)15-6-4-3-5-9-22(15)26(2,23)24/h12,14-15H,3-11H2,1-2H3. The molecule has 0 saturated carbocycles. The zero-order valence-electron chi connectivity index (χ0n) is 15.5. The number of piperidine rings is 1. The number of aromatic nitrogens is 3. The molecule has 4 rings (SSSR count). The third-order valence-corrected chi connectivity index (χ3v) is 7.97. The Morgan fingerprint density at radius 3 is 2.58 bits per heavy atom. The van der Waals surface area contributed by atoms with Gasteiger partial charge >= 0.3 is 0 Å². The van der Waals surface area contributed by atoms with Crippen LogP contribution in [-0.2, 0) is 10.0 Å². The minimum Gasteiger partial charge on any atom is -0.347 e. The van der Waals surface area contributed by atoms with Gasteiger partial charge in [-0.1, -0.05) is 24.2 Å². The van der Waals surface area contributed by atoms with Gasteiger partial charge in [0.05, 0.1) is 18.1 Å². The van der Waals surface area contributed by atoms with Gasteiger partial charge in [-0.15, -0.1) is 5.10 Å². The van der Waals surface area contributed by atoms with Crippen molar-refractivity contribution in [3.63, 3.8) is 0 Å². The fraction of sp³-hybridized carbons (Fsp3) is 0.765. The Morgan fingerprint density at radius 2 is 1.88 bits per heavy atom. The molecule has 0 N–H and O–H groups in total. The zero-order valence-corrected chi connectivity index (χ0v) is 17.1. The van der Waals surface area contributed by atoms with E-state index in [4.69, 9.17) is 0 Å². The lowest BCUT2D eigenvalue weighted by Crippen LogP contribution is -2.47. The molecule has 26 heavy (non-hydrogen) atoms. The van der Waals surface area contributed by atoms with E-state index >= 15 is 0 Å². The van der Waals surface area contributed by atoms with E-state index in [0.29, 0.717) is 12.5 Å². The van der Waals surface area contributed by atoms with Gasteiger partial charge in [-0.3, -0.25) is 0 Å². The molecular weight excluding hydrogens is 370 g/mol. The van der Waals surface area contributed by atoms with Gasteiger partial charge in [0.1, 0.15) is 0 Å². The highest BCUT2D eigenvalue weighted by Gasteiger charge is 2.36. The summed E-state index contributed by atoms with van der Waals surface area (Å²) in [5.74, 6) is 0.449.